The van der Waals surface area contributed by atoms with Crippen LogP contribution in [0.4, 0.5) is 0 Å². The zero-order valence-corrected chi connectivity index (χ0v) is 11.5. The molecule has 1 aliphatic heterocycles. The van der Waals surface area contributed by atoms with Gasteiger partial charge >= 0.3 is 0 Å². The highest BCUT2D eigenvalue weighted by molar-refractivity contribution is 7.89. The molecule has 0 saturated heterocycles. The molecule has 1 aromatic heterocycles. The van der Waals surface area contributed by atoms with Gasteiger partial charge in [-0.25, -0.2) is 8.42 Å². The van der Waals surface area contributed by atoms with E-state index in [1.807, 2.05) is 24.3 Å². The molecule has 3 rings (SSSR count). The fraction of sp³-hybridized carbons (Fsp3) is 0.214. The third-order valence-corrected chi connectivity index (χ3v) is 5.13. The Kier molecular flexibility index (Phi) is 3.19. The number of furan rings is 1. The fourth-order valence-corrected chi connectivity index (χ4v) is 3.68. The molecule has 5 nitrogen and oxygen atoms in total. The number of sulfonamides is 1. The molecule has 6 heteroatoms. The van der Waals surface area contributed by atoms with Crippen LogP contribution in [-0.4, -0.2) is 25.6 Å². The van der Waals surface area contributed by atoms with Gasteiger partial charge in [0.2, 0.25) is 5.09 Å². The Balaban J connectivity index is 1.92. The van der Waals surface area contributed by atoms with E-state index in [1.165, 1.54) is 22.0 Å². The Labute approximate surface area is 116 Å². The van der Waals surface area contributed by atoms with Gasteiger partial charge in [-0.3, -0.25) is 4.79 Å². The van der Waals surface area contributed by atoms with Gasteiger partial charge in [-0.05, 0) is 29.7 Å². The van der Waals surface area contributed by atoms with Crippen molar-refractivity contribution in [3.05, 3.63) is 53.3 Å². The molecule has 1 aromatic carbocycles. The van der Waals surface area contributed by atoms with E-state index < -0.39 is 10.0 Å². The van der Waals surface area contributed by atoms with Crippen molar-refractivity contribution in [2.45, 2.75) is 18.1 Å². The van der Waals surface area contributed by atoms with Crippen molar-refractivity contribution in [3.63, 3.8) is 0 Å². The van der Waals surface area contributed by atoms with E-state index in [0.717, 1.165) is 5.56 Å². The minimum Gasteiger partial charge on any atom is -0.440 e. The molecule has 0 N–H and O–H groups in total. The van der Waals surface area contributed by atoms with Crippen LogP contribution in [0.25, 0.3) is 0 Å². The summed E-state index contributed by atoms with van der Waals surface area (Å²) in [4.78, 5) is 10.6. The van der Waals surface area contributed by atoms with Crippen LogP contribution in [0.3, 0.4) is 0 Å². The summed E-state index contributed by atoms with van der Waals surface area (Å²) in [5.74, 6) is 0.0148. The molecule has 0 radical (unpaired) electrons. The van der Waals surface area contributed by atoms with Crippen molar-refractivity contribution < 1.29 is 17.6 Å². The third kappa shape index (κ3) is 2.17. The zero-order chi connectivity index (χ0) is 14.2. The summed E-state index contributed by atoms with van der Waals surface area (Å²) in [6.07, 6.45) is 1.17. The van der Waals surface area contributed by atoms with Gasteiger partial charge in [-0.15, -0.1) is 0 Å². The standard InChI is InChI=1S/C14H13NO4S/c16-10-13-5-6-14(19-13)20(17,18)15-8-7-11-3-1-2-4-12(11)9-15/h1-6,10H,7-9H2. The van der Waals surface area contributed by atoms with Crippen molar-refractivity contribution in [3.8, 4) is 0 Å². The molecule has 104 valence electrons. The minimum atomic E-state index is -3.69. The Morgan fingerprint density at radius 3 is 2.55 bits per heavy atom. The number of benzene rings is 1. The lowest BCUT2D eigenvalue weighted by Gasteiger charge is -2.27. The first-order valence-electron chi connectivity index (χ1n) is 6.23. The molecule has 2 aromatic rings. The van der Waals surface area contributed by atoms with Crippen LogP contribution in [-0.2, 0) is 23.0 Å². The first-order chi connectivity index (χ1) is 9.61. The smallest absolute Gasteiger partial charge is 0.276 e. The van der Waals surface area contributed by atoms with Crippen LogP contribution in [0.15, 0.2) is 45.9 Å². The number of rotatable bonds is 3. The first-order valence-corrected chi connectivity index (χ1v) is 7.67. The van der Waals surface area contributed by atoms with E-state index in [0.29, 0.717) is 25.8 Å². The topological polar surface area (TPSA) is 67.6 Å². The first kappa shape index (κ1) is 13.1. The fourth-order valence-electron chi connectivity index (χ4n) is 2.34. The number of aldehydes is 1. The molecular formula is C14H13NO4S. The molecular weight excluding hydrogens is 278 g/mol. The number of hydrogen-bond acceptors (Lipinski definition) is 4. The Bertz CT molecular complexity index is 748. The molecule has 2 heterocycles. The van der Waals surface area contributed by atoms with E-state index in [-0.39, 0.29) is 10.9 Å². The molecule has 0 spiro atoms. The number of nitrogens with zero attached hydrogens (tertiary/aromatic N) is 1. The monoisotopic (exact) mass is 291 g/mol. The zero-order valence-electron chi connectivity index (χ0n) is 10.7. The lowest BCUT2D eigenvalue weighted by Crippen LogP contribution is -2.35. The van der Waals surface area contributed by atoms with Gasteiger partial charge in [0, 0.05) is 13.1 Å². The van der Waals surface area contributed by atoms with Gasteiger partial charge in [0.05, 0.1) is 0 Å². The van der Waals surface area contributed by atoms with Crippen molar-refractivity contribution in [2.75, 3.05) is 6.54 Å². The summed E-state index contributed by atoms with van der Waals surface area (Å²) in [6.45, 7) is 0.742. The Morgan fingerprint density at radius 1 is 1.10 bits per heavy atom. The lowest BCUT2D eigenvalue weighted by molar-refractivity contribution is 0.109. The maximum atomic E-state index is 12.4. The van der Waals surface area contributed by atoms with Gasteiger partial charge in [0.15, 0.2) is 12.0 Å². The predicted octanol–water partition coefficient (Wildman–Crippen LogP) is 1.84. The molecule has 0 bridgehead atoms. The molecule has 0 amide bonds. The average molecular weight is 291 g/mol. The summed E-state index contributed by atoms with van der Waals surface area (Å²) in [5, 5.41) is -0.181. The number of fused-ring (bicyclic) bond motifs is 1. The van der Waals surface area contributed by atoms with Crippen LogP contribution in [0.1, 0.15) is 21.7 Å². The van der Waals surface area contributed by atoms with Gasteiger partial charge in [0.1, 0.15) is 0 Å². The van der Waals surface area contributed by atoms with Crippen LogP contribution >= 0.6 is 0 Å². The summed E-state index contributed by atoms with van der Waals surface area (Å²) >= 11 is 0. The molecule has 0 atom stereocenters. The van der Waals surface area contributed by atoms with Crippen LogP contribution in [0, 0.1) is 0 Å². The highest BCUT2D eigenvalue weighted by atomic mass is 32.2. The van der Waals surface area contributed by atoms with Gasteiger partial charge in [-0.1, -0.05) is 24.3 Å². The van der Waals surface area contributed by atoms with Crippen molar-refractivity contribution >= 4 is 16.3 Å². The van der Waals surface area contributed by atoms with E-state index in [1.54, 1.807) is 0 Å². The van der Waals surface area contributed by atoms with E-state index >= 15 is 0 Å². The van der Waals surface area contributed by atoms with Gasteiger partial charge < -0.3 is 4.42 Å². The third-order valence-electron chi connectivity index (χ3n) is 3.41. The summed E-state index contributed by atoms with van der Waals surface area (Å²) in [5.41, 5.74) is 2.18. The van der Waals surface area contributed by atoms with Crippen LogP contribution in [0.2, 0.25) is 0 Å². The van der Waals surface area contributed by atoms with E-state index in [9.17, 15) is 13.2 Å². The maximum absolute atomic E-state index is 12.4. The second kappa shape index (κ2) is 4.88. The molecule has 0 aliphatic carbocycles. The lowest BCUT2D eigenvalue weighted by atomic mass is 10.0. The highest BCUT2D eigenvalue weighted by Crippen LogP contribution is 2.25. The molecule has 0 saturated carbocycles. The molecule has 20 heavy (non-hydrogen) atoms. The van der Waals surface area contributed by atoms with Crippen molar-refractivity contribution in [2.24, 2.45) is 0 Å². The van der Waals surface area contributed by atoms with Crippen LogP contribution in [0.5, 0.6) is 0 Å². The number of carbonyl (C=O) groups excluding carboxylic acids is 1. The molecule has 0 unspecified atom stereocenters. The maximum Gasteiger partial charge on any atom is 0.276 e. The minimum absolute atomic E-state index is 0.0148. The molecule has 1 aliphatic rings. The Hall–Kier alpha value is -1.92. The largest absolute Gasteiger partial charge is 0.440 e. The predicted molar refractivity (Wildman–Crippen MR) is 71.8 cm³/mol. The summed E-state index contributed by atoms with van der Waals surface area (Å²) < 4.78 is 31.3. The summed E-state index contributed by atoms with van der Waals surface area (Å²) in [6, 6.07) is 10.5. The van der Waals surface area contributed by atoms with Gasteiger partial charge in [0.25, 0.3) is 10.0 Å². The average Bonchev–Trinajstić information content (AvgIpc) is 2.96. The van der Waals surface area contributed by atoms with E-state index in [4.69, 9.17) is 4.42 Å². The summed E-state index contributed by atoms with van der Waals surface area (Å²) in [7, 11) is -3.69. The second-order valence-electron chi connectivity index (χ2n) is 4.63. The number of hydrogen-bond donors (Lipinski definition) is 0. The second-order valence-corrected chi connectivity index (χ2v) is 6.50. The van der Waals surface area contributed by atoms with E-state index in [2.05, 4.69) is 0 Å². The normalized spacial score (nSPS) is 15.8. The van der Waals surface area contributed by atoms with Crippen molar-refractivity contribution in [1.82, 2.24) is 4.31 Å². The molecule has 0 fully saturated rings. The Morgan fingerprint density at radius 2 is 1.85 bits per heavy atom. The SMILES string of the molecule is O=Cc1ccc(S(=O)(=O)N2CCc3ccccc3C2)o1. The van der Waals surface area contributed by atoms with Crippen LogP contribution < -0.4 is 0 Å². The van der Waals surface area contributed by atoms with Gasteiger partial charge in [-0.2, -0.15) is 4.31 Å². The number of carbonyl (C=O) groups is 1. The van der Waals surface area contributed by atoms with Crippen molar-refractivity contribution in [1.29, 1.82) is 0 Å². The quantitative estimate of drug-likeness (QED) is 0.809. The highest BCUT2D eigenvalue weighted by Gasteiger charge is 2.30.